The molecule has 2 aliphatic heterocycles. The van der Waals surface area contributed by atoms with E-state index in [1.54, 1.807) is 19.2 Å². The van der Waals surface area contributed by atoms with Crippen molar-refractivity contribution in [3.63, 3.8) is 0 Å². The van der Waals surface area contributed by atoms with Gasteiger partial charge in [0.2, 0.25) is 0 Å². The topological polar surface area (TPSA) is 42.7 Å². The molecule has 0 amide bonds. The van der Waals surface area contributed by atoms with Crippen molar-refractivity contribution < 1.29 is 4.74 Å². The zero-order valence-corrected chi connectivity index (χ0v) is 15.7. The Balaban J connectivity index is 1.53. The smallest absolute Gasteiger partial charge is 0.179 e. The highest BCUT2D eigenvalue weighted by Crippen LogP contribution is 2.38. The average molecular weight is 366 g/mol. The second kappa shape index (κ2) is 7.48. The van der Waals surface area contributed by atoms with Gasteiger partial charge in [0.25, 0.3) is 0 Å². The largest absolute Gasteiger partial charge is 0.496 e. The van der Waals surface area contributed by atoms with Gasteiger partial charge in [-0.3, -0.25) is 0 Å². The lowest BCUT2D eigenvalue weighted by Crippen LogP contribution is -2.30. The molecule has 0 spiro atoms. The fourth-order valence-corrected chi connectivity index (χ4v) is 4.68. The molecule has 2 heterocycles. The van der Waals surface area contributed by atoms with E-state index in [0.717, 1.165) is 49.5 Å². The maximum Gasteiger partial charge on any atom is 0.179 e. The number of nitriles is 1. The second-order valence-electron chi connectivity index (χ2n) is 6.56. The Hall–Kier alpha value is -2.36. The van der Waals surface area contributed by atoms with E-state index < -0.39 is 0 Å². The lowest BCUT2D eigenvalue weighted by molar-refractivity contribution is 0.370. The highest BCUT2D eigenvalue weighted by Gasteiger charge is 2.33. The number of anilines is 1. The molecule has 2 aromatic rings. The molecular formula is C20H22N4OS. The van der Waals surface area contributed by atoms with Crippen molar-refractivity contribution in [2.75, 3.05) is 37.6 Å². The van der Waals surface area contributed by atoms with E-state index in [1.807, 2.05) is 17.0 Å². The van der Waals surface area contributed by atoms with E-state index in [-0.39, 0.29) is 0 Å². The average Bonchev–Trinajstić information content (AvgIpc) is 3.37. The molecule has 0 bridgehead atoms. The van der Waals surface area contributed by atoms with Crippen LogP contribution >= 0.6 is 12.1 Å². The van der Waals surface area contributed by atoms with Crippen LogP contribution in [-0.2, 0) is 0 Å². The van der Waals surface area contributed by atoms with Gasteiger partial charge in [0.1, 0.15) is 5.75 Å². The number of ether oxygens (including phenoxy) is 1. The van der Waals surface area contributed by atoms with Crippen molar-refractivity contribution in [1.29, 1.82) is 5.26 Å². The molecule has 0 aromatic heterocycles. The predicted molar refractivity (Wildman–Crippen MR) is 106 cm³/mol. The number of likely N-dealkylation sites (tertiary alicyclic amines) is 1. The summed E-state index contributed by atoms with van der Waals surface area (Å²) in [6.07, 6.45) is 3.33. The summed E-state index contributed by atoms with van der Waals surface area (Å²) in [7, 11) is 1.72. The lowest BCUT2D eigenvalue weighted by atomic mass is 10.0. The van der Waals surface area contributed by atoms with Gasteiger partial charge in [-0.1, -0.05) is 30.3 Å². The summed E-state index contributed by atoms with van der Waals surface area (Å²) in [5, 5.41) is 9.07. The van der Waals surface area contributed by atoms with Gasteiger partial charge in [0.15, 0.2) is 6.19 Å². The molecule has 26 heavy (non-hydrogen) atoms. The molecule has 2 aromatic carbocycles. The maximum atomic E-state index is 9.07. The van der Waals surface area contributed by atoms with E-state index in [1.165, 1.54) is 5.69 Å². The van der Waals surface area contributed by atoms with Crippen molar-refractivity contribution in [2.45, 2.75) is 12.5 Å². The van der Waals surface area contributed by atoms with Gasteiger partial charge in [-0.2, -0.15) is 5.26 Å². The van der Waals surface area contributed by atoms with Crippen LogP contribution in [0.15, 0.2) is 48.5 Å². The quantitative estimate of drug-likeness (QED) is 0.608. The van der Waals surface area contributed by atoms with Gasteiger partial charge in [-0.05, 0) is 30.2 Å². The van der Waals surface area contributed by atoms with Gasteiger partial charge < -0.3 is 13.9 Å². The standard InChI is InChI=1S/C20H22N4OS/c1-25-20-8-7-17(13-19(20)16-5-3-2-4-6-16)23-11-12-24(26-23)18-9-10-22(14-18)15-21/h2-8,13,18H,9-12,14H2,1H3. The Morgan fingerprint density at radius 3 is 2.69 bits per heavy atom. The molecule has 6 heteroatoms. The van der Waals surface area contributed by atoms with Gasteiger partial charge in [-0.15, -0.1) is 0 Å². The summed E-state index contributed by atoms with van der Waals surface area (Å²) in [5.41, 5.74) is 3.46. The molecule has 0 aliphatic carbocycles. The van der Waals surface area contributed by atoms with E-state index in [0.29, 0.717) is 6.04 Å². The third kappa shape index (κ3) is 3.33. The summed E-state index contributed by atoms with van der Waals surface area (Å²) in [6.45, 7) is 3.71. The summed E-state index contributed by atoms with van der Waals surface area (Å²) >= 11 is 1.78. The molecular weight excluding hydrogens is 344 g/mol. The first-order chi connectivity index (χ1) is 12.8. The number of methoxy groups -OCH3 is 1. The Morgan fingerprint density at radius 2 is 1.96 bits per heavy atom. The van der Waals surface area contributed by atoms with E-state index in [9.17, 15) is 0 Å². The van der Waals surface area contributed by atoms with Crippen molar-refractivity contribution >= 4 is 17.8 Å². The molecule has 5 nitrogen and oxygen atoms in total. The number of benzene rings is 2. The van der Waals surface area contributed by atoms with Gasteiger partial charge in [-0.25, -0.2) is 4.31 Å². The van der Waals surface area contributed by atoms with Crippen LogP contribution < -0.4 is 9.04 Å². The molecule has 2 fully saturated rings. The summed E-state index contributed by atoms with van der Waals surface area (Å²) in [5.74, 6) is 0.890. The fourth-order valence-electron chi connectivity index (χ4n) is 3.59. The molecule has 0 radical (unpaired) electrons. The zero-order valence-electron chi connectivity index (χ0n) is 14.8. The van der Waals surface area contributed by atoms with E-state index >= 15 is 0 Å². The van der Waals surface area contributed by atoms with Crippen LogP contribution in [0.3, 0.4) is 0 Å². The van der Waals surface area contributed by atoms with Crippen LogP contribution in [0.1, 0.15) is 6.42 Å². The Kier molecular flexibility index (Phi) is 4.91. The molecule has 0 N–H and O–H groups in total. The Morgan fingerprint density at radius 1 is 1.12 bits per heavy atom. The Bertz CT molecular complexity index is 807. The van der Waals surface area contributed by atoms with E-state index in [2.05, 4.69) is 51.2 Å². The van der Waals surface area contributed by atoms with Crippen molar-refractivity contribution in [1.82, 2.24) is 9.21 Å². The van der Waals surface area contributed by atoms with Crippen molar-refractivity contribution in [2.24, 2.45) is 0 Å². The SMILES string of the molecule is COc1ccc(N2CCN(C3CCN(C#N)C3)S2)cc1-c1ccccc1. The van der Waals surface area contributed by atoms with Crippen molar-refractivity contribution in [3.05, 3.63) is 48.5 Å². The summed E-state index contributed by atoms with van der Waals surface area (Å²) in [4.78, 5) is 1.86. The zero-order chi connectivity index (χ0) is 17.9. The number of nitrogens with zero attached hydrogens (tertiary/aromatic N) is 4. The monoisotopic (exact) mass is 366 g/mol. The molecule has 0 saturated carbocycles. The van der Waals surface area contributed by atoms with Gasteiger partial charge in [0.05, 0.1) is 7.11 Å². The fraction of sp³-hybridized carbons (Fsp3) is 0.350. The first-order valence-corrected chi connectivity index (χ1v) is 9.62. The number of hydrogen-bond donors (Lipinski definition) is 0. The molecule has 2 saturated heterocycles. The first-order valence-electron chi connectivity index (χ1n) is 8.89. The van der Waals surface area contributed by atoms with Crippen LogP contribution in [0.5, 0.6) is 5.75 Å². The van der Waals surface area contributed by atoms with Crippen LogP contribution in [0.25, 0.3) is 11.1 Å². The third-order valence-corrected chi connectivity index (χ3v) is 6.28. The third-order valence-electron chi connectivity index (χ3n) is 4.99. The van der Waals surface area contributed by atoms with Crippen molar-refractivity contribution in [3.8, 4) is 23.1 Å². The predicted octanol–water partition coefficient (Wildman–Crippen LogP) is 3.60. The summed E-state index contributed by atoms with van der Waals surface area (Å²) in [6, 6.07) is 17.2. The highest BCUT2D eigenvalue weighted by molar-refractivity contribution is 7.98. The molecule has 2 aliphatic rings. The Labute approximate surface area is 159 Å². The van der Waals surface area contributed by atoms with Crippen LogP contribution in [0, 0.1) is 11.5 Å². The molecule has 1 atom stereocenters. The van der Waals surface area contributed by atoms with Crippen LogP contribution in [0.4, 0.5) is 5.69 Å². The normalized spacial score (nSPS) is 20.4. The minimum Gasteiger partial charge on any atom is -0.496 e. The lowest BCUT2D eigenvalue weighted by Gasteiger charge is -2.23. The van der Waals surface area contributed by atoms with Crippen LogP contribution in [-0.4, -0.2) is 48.5 Å². The molecule has 1 unspecified atom stereocenters. The summed E-state index contributed by atoms with van der Waals surface area (Å²) < 4.78 is 10.3. The van der Waals surface area contributed by atoms with E-state index in [4.69, 9.17) is 10.00 Å². The van der Waals surface area contributed by atoms with Gasteiger partial charge in [0, 0.05) is 55.6 Å². The highest BCUT2D eigenvalue weighted by atomic mass is 32.2. The van der Waals surface area contributed by atoms with Gasteiger partial charge >= 0.3 is 0 Å². The second-order valence-corrected chi connectivity index (χ2v) is 7.64. The number of hydrogen-bond acceptors (Lipinski definition) is 6. The first kappa shape index (κ1) is 17.1. The van der Waals surface area contributed by atoms with Crippen LogP contribution in [0.2, 0.25) is 0 Å². The maximum absolute atomic E-state index is 9.07. The minimum absolute atomic E-state index is 0.455. The minimum atomic E-state index is 0.455. The molecule has 134 valence electrons. The number of rotatable bonds is 4. The molecule has 4 rings (SSSR count).